The number of carbonyl (C=O) groups is 1. The van der Waals surface area contributed by atoms with Gasteiger partial charge in [0.15, 0.2) is 0 Å². The van der Waals surface area contributed by atoms with Crippen LogP contribution in [-0.2, 0) is 0 Å². The molecule has 0 aliphatic carbocycles. The fourth-order valence-electron chi connectivity index (χ4n) is 3.06. The van der Waals surface area contributed by atoms with E-state index in [1.807, 2.05) is 6.07 Å². The van der Waals surface area contributed by atoms with Gasteiger partial charge in [-0.3, -0.25) is 9.59 Å². The zero-order valence-corrected chi connectivity index (χ0v) is 14.9. The molecule has 142 valence electrons. The van der Waals surface area contributed by atoms with Gasteiger partial charge in [-0.2, -0.15) is 5.10 Å². The van der Waals surface area contributed by atoms with Crippen LogP contribution in [0, 0.1) is 5.82 Å². The van der Waals surface area contributed by atoms with E-state index in [9.17, 15) is 14.0 Å². The highest BCUT2D eigenvalue weighted by atomic mass is 19.1. The summed E-state index contributed by atoms with van der Waals surface area (Å²) in [5.74, 6) is 0.241. The van der Waals surface area contributed by atoms with Gasteiger partial charge in [0.1, 0.15) is 23.7 Å². The van der Waals surface area contributed by atoms with Gasteiger partial charge < -0.3 is 9.80 Å². The van der Waals surface area contributed by atoms with Crippen molar-refractivity contribution < 1.29 is 9.18 Å². The zero-order valence-electron chi connectivity index (χ0n) is 14.9. The number of carbonyl (C=O) groups excluding carboxylic acids is 1. The third-order valence-corrected chi connectivity index (χ3v) is 4.58. The van der Waals surface area contributed by atoms with Crippen molar-refractivity contribution in [2.24, 2.45) is 0 Å². The molecule has 3 heterocycles. The maximum atomic E-state index is 13.1. The maximum absolute atomic E-state index is 13.1. The SMILES string of the molecule is O=C(c1ccc(=O)[nH]n1)N1CCN(c2cc(-c3ccc(F)cc3)ncn2)CC1. The molecule has 1 aliphatic heterocycles. The summed E-state index contributed by atoms with van der Waals surface area (Å²) < 4.78 is 13.1. The van der Waals surface area contributed by atoms with E-state index in [-0.39, 0.29) is 23.0 Å². The average molecular weight is 380 g/mol. The van der Waals surface area contributed by atoms with Crippen LogP contribution in [0.4, 0.5) is 10.2 Å². The van der Waals surface area contributed by atoms with Crippen molar-refractivity contribution in [3.05, 3.63) is 70.7 Å². The van der Waals surface area contributed by atoms with Crippen molar-refractivity contribution in [3.8, 4) is 11.3 Å². The number of amides is 1. The van der Waals surface area contributed by atoms with E-state index in [4.69, 9.17) is 0 Å². The standard InChI is InChI=1S/C19H17FN6O2/c20-14-3-1-13(2-4-14)16-11-17(22-12-21-16)25-7-9-26(10-8-25)19(28)15-5-6-18(27)24-23-15/h1-6,11-12H,7-10H2,(H,24,27). The first kappa shape index (κ1) is 17.8. The highest BCUT2D eigenvalue weighted by Crippen LogP contribution is 2.22. The molecule has 0 spiro atoms. The predicted octanol–water partition coefficient (Wildman–Crippen LogP) is 1.33. The third-order valence-electron chi connectivity index (χ3n) is 4.58. The van der Waals surface area contributed by atoms with Crippen LogP contribution < -0.4 is 10.5 Å². The molecular formula is C19H17FN6O2. The summed E-state index contributed by atoms with van der Waals surface area (Å²) in [7, 11) is 0. The van der Waals surface area contributed by atoms with Crippen LogP contribution in [0.15, 0.2) is 53.6 Å². The van der Waals surface area contributed by atoms with E-state index in [1.165, 1.54) is 30.6 Å². The Morgan fingerprint density at radius 1 is 1.00 bits per heavy atom. The van der Waals surface area contributed by atoms with Crippen LogP contribution in [0.2, 0.25) is 0 Å². The lowest BCUT2D eigenvalue weighted by Crippen LogP contribution is -2.49. The molecule has 1 saturated heterocycles. The minimum Gasteiger partial charge on any atom is -0.353 e. The van der Waals surface area contributed by atoms with Gasteiger partial charge in [-0.1, -0.05) is 0 Å². The summed E-state index contributed by atoms with van der Waals surface area (Å²) in [4.78, 5) is 35.9. The Morgan fingerprint density at radius 2 is 1.75 bits per heavy atom. The molecule has 4 rings (SSSR count). The first-order valence-corrected chi connectivity index (χ1v) is 8.78. The fraction of sp³-hybridized carbons (Fsp3) is 0.211. The second kappa shape index (κ2) is 7.55. The quantitative estimate of drug-likeness (QED) is 0.737. The monoisotopic (exact) mass is 380 g/mol. The van der Waals surface area contributed by atoms with Crippen LogP contribution >= 0.6 is 0 Å². The number of benzene rings is 1. The highest BCUT2D eigenvalue weighted by molar-refractivity contribution is 5.92. The molecule has 28 heavy (non-hydrogen) atoms. The van der Waals surface area contributed by atoms with Gasteiger partial charge >= 0.3 is 0 Å². The number of rotatable bonds is 3. The van der Waals surface area contributed by atoms with Gasteiger partial charge in [-0.25, -0.2) is 19.5 Å². The Morgan fingerprint density at radius 3 is 2.43 bits per heavy atom. The molecule has 0 saturated carbocycles. The fourth-order valence-corrected chi connectivity index (χ4v) is 3.06. The van der Waals surface area contributed by atoms with Crippen molar-refractivity contribution in [1.82, 2.24) is 25.1 Å². The maximum Gasteiger partial charge on any atom is 0.274 e. The highest BCUT2D eigenvalue weighted by Gasteiger charge is 2.24. The summed E-state index contributed by atoms with van der Waals surface area (Å²) in [6, 6.07) is 10.7. The van der Waals surface area contributed by atoms with Crippen molar-refractivity contribution in [2.75, 3.05) is 31.1 Å². The second-order valence-electron chi connectivity index (χ2n) is 6.35. The number of H-pyrrole nitrogens is 1. The molecule has 1 amide bonds. The summed E-state index contributed by atoms with van der Waals surface area (Å²) >= 11 is 0. The molecule has 1 N–H and O–H groups in total. The Labute approximate surface area is 159 Å². The van der Waals surface area contributed by atoms with Crippen molar-refractivity contribution in [2.45, 2.75) is 0 Å². The van der Waals surface area contributed by atoms with Crippen LogP contribution in [0.25, 0.3) is 11.3 Å². The summed E-state index contributed by atoms with van der Waals surface area (Å²) in [5.41, 5.74) is 1.39. The normalized spacial score (nSPS) is 14.2. The second-order valence-corrected chi connectivity index (χ2v) is 6.35. The number of hydrogen-bond donors (Lipinski definition) is 1. The van der Waals surface area contributed by atoms with Crippen molar-refractivity contribution in [1.29, 1.82) is 0 Å². The van der Waals surface area contributed by atoms with Gasteiger partial charge in [-0.05, 0) is 30.3 Å². The Balaban J connectivity index is 1.44. The molecule has 2 aromatic heterocycles. The number of hydrogen-bond acceptors (Lipinski definition) is 6. The first-order valence-electron chi connectivity index (χ1n) is 8.78. The number of anilines is 1. The van der Waals surface area contributed by atoms with Gasteiger partial charge in [-0.15, -0.1) is 0 Å². The third kappa shape index (κ3) is 3.73. The molecule has 8 nitrogen and oxygen atoms in total. The number of aromatic amines is 1. The van der Waals surface area contributed by atoms with Gasteiger partial charge in [0, 0.05) is 43.9 Å². The molecule has 0 unspecified atom stereocenters. The summed E-state index contributed by atoms with van der Waals surface area (Å²) in [6.07, 6.45) is 1.48. The molecule has 0 atom stereocenters. The average Bonchev–Trinajstić information content (AvgIpc) is 2.74. The molecule has 1 fully saturated rings. The first-order chi connectivity index (χ1) is 13.6. The molecule has 9 heteroatoms. The smallest absolute Gasteiger partial charge is 0.274 e. The largest absolute Gasteiger partial charge is 0.353 e. The molecule has 0 bridgehead atoms. The van der Waals surface area contributed by atoms with E-state index in [1.54, 1.807) is 17.0 Å². The molecule has 1 aromatic carbocycles. The minimum absolute atomic E-state index is 0.216. The van der Waals surface area contributed by atoms with E-state index in [0.717, 1.165) is 11.4 Å². The number of piperazine rings is 1. The zero-order chi connectivity index (χ0) is 19.5. The number of nitrogens with one attached hydrogen (secondary N) is 1. The van der Waals surface area contributed by atoms with Crippen molar-refractivity contribution in [3.63, 3.8) is 0 Å². The Bertz CT molecular complexity index is 1020. The topological polar surface area (TPSA) is 95.1 Å². The van der Waals surface area contributed by atoms with E-state index < -0.39 is 0 Å². The Hall–Kier alpha value is -3.62. The number of nitrogens with zero attached hydrogens (tertiary/aromatic N) is 5. The lowest BCUT2D eigenvalue weighted by molar-refractivity contribution is 0.0739. The molecule has 0 radical (unpaired) electrons. The van der Waals surface area contributed by atoms with Gasteiger partial charge in [0.05, 0.1) is 5.69 Å². The number of halogens is 1. The lowest BCUT2D eigenvalue weighted by atomic mass is 10.1. The molecule has 3 aromatic rings. The lowest BCUT2D eigenvalue weighted by Gasteiger charge is -2.35. The van der Waals surface area contributed by atoms with E-state index in [2.05, 4.69) is 25.1 Å². The summed E-state index contributed by atoms with van der Waals surface area (Å²) in [5, 5.41) is 6.07. The van der Waals surface area contributed by atoms with E-state index in [0.29, 0.717) is 31.9 Å². The minimum atomic E-state index is -0.345. The van der Waals surface area contributed by atoms with E-state index >= 15 is 0 Å². The van der Waals surface area contributed by atoms with Crippen molar-refractivity contribution >= 4 is 11.7 Å². The van der Waals surface area contributed by atoms with Crippen LogP contribution in [0.3, 0.4) is 0 Å². The Kier molecular flexibility index (Phi) is 4.79. The number of aromatic nitrogens is 4. The summed E-state index contributed by atoms with van der Waals surface area (Å²) in [6.45, 7) is 2.23. The van der Waals surface area contributed by atoms with Crippen LogP contribution in [-0.4, -0.2) is 57.2 Å². The van der Waals surface area contributed by atoms with Crippen LogP contribution in [0.1, 0.15) is 10.5 Å². The molecule has 1 aliphatic rings. The molecular weight excluding hydrogens is 363 g/mol. The van der Waals surface area contributed by atoms with Gasteiger partial charge in [0.25, 0.3) is 11.5 Å². The van der Waals surface area contributed by atoms with Gasteiger partial charge in [0.2, 0.25) is 0 Å². The predicted molar refractivity (Wildman–Crippen MR) is 100 cm³/mol. The van der Waals surface area contributed by atoms with Crippen LogP contribution in [0.5, 0.6) is 0 Å².